The van der Waals surface area contributed by atoms with E-state index in [0.717, 1.165) is 4.91 Å². The van der Waals surface area contributed by atoms with Crippen LogP contribution in [0.5, 0.6) is 0 Å². The third kappa shape index (κ3) is 4.65. The Morgan fingerprint density at radius 3 is 2.55 bits per heavy atom. The van der Waals surface area contributed by atoms with Crippen LogP contribution in [0.15, 0.2) is 58.0 Å². The minimum Gasteiger partial charge on any atom is -0.393 e. The highest BCUT2D eigenvalue weighted by molar-refractivity contribution is 8.23. The molecule has 1 aromatic carbocycles. The molecule has 0 spiro atoms. The Balaban J connectivity index is 1.70. The number of nitrogens with zero attached hydrogens (tertiary/aromatic N) is 3. The lowest BCUT2D eigenvalue weighted by atomic mass is 10.1. The van der Waals surface area contributed by atoms with E-state index in [0.29, 0.717) is 47.9 Å². The quantitative estimate of drug-likeness (QED) is 0.601. The summed E-state index contributed by atoms with van der Waals surface area (Å²) in [6, 6.07) is 6.28. The van der Waals surface area contributed by atoms with Crippen LogP contribution in [0.2, 0.25) is 0 Å². The van der Waals surface area contributed by atoms with Gasteiger partial charge in [-0.25, -0.2) is 9.97 Å². The number of rotatable bonds is 4. The molecule has 2 aliphatic heterocycles. The second kappa shape index (κ2) is 8.67. The summed E-state index contributed by atoms with van der Waals surface area (Å²) in [5.41, 5.74) is 0.281. The first-order valence-electron chi connectivity index (χ1n) is 10.4. The summed E-state index contributed by atoms with van der Waals surface area (Å²) in [4.78, 5) is 11.9. The Kier molecular flexibility index (Phi) is 6.12. The standard InChI is InChI=1S/C23H26F3N3OS/c1-15(2)20-4-3-11-31(20)21-6-5-16(12-18(21)23(24,25)26)19-13-22(28-14-27-19)29-9-7-17(30)8-10-29/h3-6,11-15,17,30-31H,7-10H2,1-2H3. The summed E-state index contributed by atoms with van der Waals surface area (Å²) in [5.74, 6) is 0.858. The number of anilines is 1. The van der Waals surface area contributed by atoms with Gasteiger partial charge in [0.1, 0.15) is 12.1 Å². The predicted molar refractivity (Wildman–Crippen MR) is 119 cm³/mol. The van der Waals surface area contributed by atoms with Crippen molar-refractivity contribution in [2.75, 3.05) is 18.0 Å². The molecule has 0 aliphatic carbocycles. The molecule has 4 nitrogen and oxygen atoms in total. The Bertz CT molecular complexity index is 1010. The number of benzene rings is 1. The topological polar surface area (TPSA) is 49.2 Å². The van der Waals surface area contributed by atoms with Gasteiger partial charge >= 0.3 is 6.18 Å². The molecular weight excluding hydrogens is 423 g/mol. The number of thiol groups is 1. The van der Waals surface area contributed by atoms with E-state index in [2.05, 4.69) is 9.97 Å². The van der Waals surface area contributed by atoms with Crippen LogP contribution in [0.25, 0.3) is 11.3 Å². The number of hydrogen-bond donors (Lipinski definition) is 2. The van der Waals surface area contributed by atoms with Gasteiger partial charge in [0.25, 0.3) is 0 Å². The fourth-order valence-electron chi connectivity index (χ4n) is 3.99. The number of aromatic nitrogens is 2. The Morgan fingerprint density at radius 1 is 1.13 bits per heavy atom. The van der Waals surface area contributed by atoms with Gasteiger partial charge in [0.15, 0.2) is 0 Å². The van der Waals surface area contributed by atoms with Crippen LogP contribution in [0.4, 0.5) is 19.0 Å². The monoisotopic (exact) mass is 449 g/mol. The molecule has 166 valence electrons. The highest BCUT2D eigenvalue weighted by Gasteiger charge is 2.36. The summed E-state index contributed by atoms with van der Waals surface area (Å²) in [7, 11) is -1.13. The van der Waals surface area contributed by atoms with Crippen molar-refractivity contribution in [3.05, 3.63) is 58.6 Å². The molecule has 1 N–H and O–H groups in total. The zero-order valence-corrected chi connectivity index (χ0v) is 18.4. The molecule has 1 unspecified atom stereocenters. The lowest BCUT2D eigenvalue weighted by molar-refractivity contribution is -0.139. The van der Waals surface area contributed by atoms with E-state index in [1.54, 1.807) is 18.2 Å². The van der Waals surface area contributed by atoms with Crippen LogP contribution < -0.4 is 4.90 Å². The average molecular weight is 450 g/mol. The molecule has 1 fully saturated rings. The normalized spacial score (nSPS) is 21.1. The molecule has 1 aromatic heterocycles. The zero-order chi connectivity index (χ0) is 22.2. The number of hydrogen-bond acceptors (Lipinski definition) is 4. The van der Waals surface area contributed by atoms with Gasteiger partial charge in [-0.1, -0.05) is 32.1 Å². The van der Waals surface area contributed by atoms with Crippen molar-refractivity contribution in [1.29, 1.82) is 0 Å². The van der Waals surface area contributed by atoms with Gasteiger partial charge in [0.05, 0.1) is 17.4 Å². The second-order valence-electron chi connectivity index (χ2n) is 8.17. The molecule has 0 bridgehead atoms. The molecule has 0 saturated carbocycles. The summed E-state index contributed by atoms with van der Waals surface area (Å²) in [5, 5.41) is 11.6. The van der Waals surface area contributed by atoms with Crippen molar-refractivity contribution in [3.8, 4) is 11.3 Å². The molecule has 4 rings (SSSR count). The van der Waals surface area contributed by atoms with Crippen LogP contribution >= 0.6 is 10.9 Å². The number of aliphatic hydroxyl groups is 1. The first kappa shape index (κ1) is 21.9. The summed E-state index contributed by atoms with van der Waals surface area (Å²) >= 11 is 0. The van der Waals surface area contributed by atoms with E-state index in [1.165, 1.54) is 12.4 Å². The molecule has 2 aliphatic rings. The minimum atomic E-state index is -4.45. The van der Waals surface area contributed by atoms with Gasteiger partial charge in [-0.15, -0.1) is 0 Å². The summed E-state index contributed by atoms with van der Waals surface area (Å²) in [6.45, 7) is 5.34. The van der Waals surface area contributed by atoms with Crippen molar-refractivity contribution in [2.24, 2.45) is 5.92 Å². The van der Waals surface area contributed by atoms with Gasteiger partial charge in [-0.2, -0.15) is 24.1 Å². The highest BCUT2D eigenvalue weighted by Crippen LogP contribution is 2.55. The maximum absolute atomic E-state index is 14.0. The van der Waals surface area contributed by atoms with Crippen molar-refractivity contribution >= 4 is 16.7 Å². The SMILES string of the molecule is CC(C)C1=CC=C[SH]1c1ccc(-c2cc(N3CCC(O)CC3)ncn2)cc1C(F)(F)F. The lowest BCUT2D eigenvalue weighted by Gasteiger charge is -2.30. The lowest BCUT2D eigenvalue weighted by Crippen LogP contribution is -2.36. The Labute approximate surface area is 182 Å². The van der Waals surface area contributed by atoms with E-state index >= 15 is 0 Å². The van der Waals surface area contributed by atoms with E-state index < -0.39 is 22.6 Å². The van der Waals surface area contributed by atoms with Crippen molar-refractivity contribution in [2.45, 2.75) is 43.9 Å². The van der Waals surface area contributed by atoms with Crippen LogP contribution in [0.3, 0.4) is 0 Å². The zero-order valence-electron chi connectivity index (χ0n) is 17.5. The van der Waals surface area contributed by atoms with Crippen LogP contribution in [-0.4, -0.2) is 34.3 Å². The second-order valence-corrected chi connectivity index (χ2v) is 10.2. The third-order valence-corrected chi connectivity index (χ3v) is 8.27. The van der Waals surface area contributed by atoms with E-state index in [-0.39, 0.29) is 12.0 Å². The molecule has 31 heavy (non-hydrogen) atoms. The summed E-state index contributed by atoms with van der Waals surface area (Å²) in [6.07, 6.45) is 1.73. The third-order valence-electron chi connectivity index (χ3n) is 5.67. The van der Waals surface area contributed by atoms with Crippen molar-refractivity contribution in [1.82, 2.24) is 9.97 Å². The number of alkyl halides is 3. The van der Waals surface area contributed by atoms with Gasteiger partial charge < -0.3 is 10.0 Å². The number of aliphatic hydroxyl groups excluding tert-OH is 1. The van der Waals surface area contributed by atoms with E-state index in [1.807, 2.05) is 36.3 Å². The molecule has 2 aromatic rings. The smallest absolute Gasteiger partial charge is 0.393 e. The van der Waals surface area contributed by atoms with Gasteiger partial charge in [0.2, 0.25) is 0 Å². The number of allylic oxidation sites excluding steroid dienone is 3. The molecule has 8 heteroatoms. The van der Waals surface area contributed by atoms with Gasteiger partial charge in [0, 0.05) is 29.6 Å². The van der Waals surface area contributed by atoms with Crippen LogP contribution in [0.1, 0.15) is 32.3 Å². The fraction of sp³-hybridized carbons (Fsp3) is 0.391. The molecule has 3 heterocycles. The molecule has 1 saturated heterocycles. The van der Waals surface area contributed by atoms with Gasteiger partial charge in [-0.05, 0) is 41.2 Å². The predicted octanol–water partition coefficient (Wildman–Crippen LogP) is 5.55. The largest absolute Gasteiger partial charge is 0.417 e. The average Bonchev–Trinajstić information content (AvgIpc) is 3.23. The first-order valence-corrected chi connectivity index (χ1v) is 11.8. The summed E-state index contributed by atoms with van der Waals surface area (Å²) < 4.78 is 42.1. The van der Waals surface area contributed by atoms with Crippen LogP contribution in [0, 0.1) is 5.92 Å². The van der Waals surface area contributed by atoms with Gasteiger partial charge in [-0.3, -0.25) is 0 Å². The molecular formula is C23H26F3N3OS. The maximum Gasteiger partial charge on any atom is 0.417 e. The number of halogens is 3. The van der Waals surface area contributed by atoms with E-state index in [9.17, 15) is 18.3 Å². The van der Waals surface area contributed by atoms with E-state index in [4.69, 9.17) is 0 Å². The molecule has 1 atom stereocenters. The molecule has 0 radical (unpaired) electrons. The highest BCUT2D eigenvalue weighted by atomic mass is 32.2. The van der Waals surface area contributed by atoms with Crippen molar-refractivity contribution in [3.63, 3.8) is 0 Å². The molecule has 0 amide bonds. The van der Waals surface area contributed by atoms with Crippen LogP contribution in [-0.2, 0) is 6.18 Å². The number of piperidine rings is 1. The maximum atomic E-state index is 14.0. The first-order chi connectivity index (χ1) is 14.7. The van der Waals surface area contributed by atoms with Crippen molar-refractivity contribution < 1.29 is 18.3 Å². The Morgan fingerprint density at radius 2 is 1.87 bits per heavy atom. The Hall–Kier alpha value is -2.32. The fourth-order valence-corrected chi connectivity index (χ4v) is 6.35. The minimum absolute atomic E-state index is 0.189.